The molecule has 0 aliphatic carbocycles. The summed E-state index contributed by atoms with van der Waals surface area (Å²) in [5, 5.41) is 3.54. The van der Waals surface area contributed by atoms with Gasteiger partial charge in [0.15, 0.2) is 17.5 Å². The van der Waals surface area contributed by atoms with Crippen molar-refractivity contribution in [3.8, 4) is 11.5 Å². The van der Waals surface area contributed by atoms with Crippen molar-refractivity contribution >= 4 is 5.96 Å². The summed E-state index contributed by atoms with van der Waals surface area (Å²) in [6.45, 7) is 12.5. The largest absolute Gasteiger partial charge is 0.454 e. The summed E-state index contributed by atoms with van der Waals surface area (Å²) in [4.78, 5) is 7.63. The highest BCUT2D eigenvalue weighted by Gasteiger charge is 2.36. The zero-order valence-corrected chi connectivity index (χ0v) is 18.1. The molecule has 3 heterocycles. The number of nitrogens with zero attached hydrogens (tertiary/aromatic N) is 2. The van der Waals surface area contributed by atoms with Crippen LogP contribution in [0.5, 0.6) is 11.5 Å². The van der Waals surface area contributed by atoms with Gasteiger partial charge < -0.3 is 24.4 Å². The zero-order valence-electron chi connectivity index (χ0n) is 18.1. The van der Waals surface area contributed by atoms with Crippen LogP contribution in [0.25, 0.3) is 0 Å². The summed E-state index contributed by atoms with van der Waals surface area (Å²) in [7, 11) is 0. The van der Waals surface area contributed by atoms with Crippen LogP contribution < -0.4 is 14.8 Å². The van der Waals surface area contributed by atoms with Crippen molar-refractivity contribution in [3.63, 3.8) is 0 Å². The van der Waals surface area contributed by atoms with Crippen molar-refractivity contribution in [2.45, 2.75) is 45.4 Å². The maximum Gasteiger partial charge on any atom is 0.231 e. The van der Waals surface area contributed by atoms with Gasteiger partial charge in [-0.1, -0.05) is 19.9 Å². The molecule has 1 aromatic rings. The normalized spacial score (nSPS) is 26.4. The van der Waals surface area contributed by atoms with Crippen LogP contribution in [-0.4, -0.2) is 57.0 Å². The van der Waals surface area contributed by atoms with E-state index in [9.17, 15) is 0 Å². The number of fused-ring (bicyclic) bond motifs is 1. The van der Waals surface area contributed by atoms with E-state index in [1.54, 1.807) is 0 Å². The Hall–Kier alpha value is -1.95. The first-order valence-electron chi connectivity index (χ1n) is 11.1. The molecular formula is C23H35N3O3. The van der Waals surface area contributed by atoms with Crippen LogP contribution in [0.3, 0.4) is 0 Å². The van der Waals surface area contributed by atoms with Gasteiger partial charge in [0.25, 0.3) is 0 Å². The molecule has 2 fully saturated rings. The maximum absolute atomic E-state index is 5.71. The molecule has 2 atom stereocenters. The van der Waals surface area contributed by atoms with E-state index in [-0.39, 0.29) is 5.41 Å². The summed E-state index contributed by atoms with van der Waals surface area (Å²) in [5.41, 5.74) is 1.26. The molecule has 0 amide bonds. The van der Waals surface area contributed by atoms with Crippen molar-refractivity contribution in [3.05, 3.63) is 23.8 Å². The number of piperidine rings is 1. The Morgan fingerprint density at radius 3 is 2.59 bits per heavy atom. The van der Waals surface area contributed by atoms with Crippen LogP contribution in [0.2, 0.25) is 0 Å². The number of benzene rings is 1. The van der Waals surface area contributed by atoms with E-state index in [0.29, 0.717) is 18.6 Å². The number of guanidine groups is 1. The summed E-state index contributed by atoms with van der Waals surface area (Å²) in [6.07, 6.45) is 3.25. The van der Waals surface area contributed by atoms with Crippen molar-refractivity contribution in [1.82, 2.24) is 10.2 Å². The van der Waals surface area contributed by atoms with Crippen LogP contribution in [0.1, 0.15) is 45.6 Å². The van der Waals surface area contributed by atoms with E-state index in [1.165, 1.54) is 12.0 Å². The molecular weight excluding hydrogens is 366 g/mol. The van der Waals surface area contributed by atoms with Gasteiger partial charge in [0.2, 0.25) is 6.79 Å². The Morgan fingerprint density at radius 2 is 1.86 bits per heavy atom. The van der Waals surface area contributed by atoms with E-state index < -0.39 is 0 Å². The number of aliphatic imine (C=N–C) groups is 1. The molecule has 6 nitrogen and oxygen atoms in total. The van der Waals surface area contributed by atoms with Gasteiger partial charge >= 0.3 is 0 Å². The number of ether oxygens (including phenoxy) is 3. The third kappa shape index (κ3) is 4.47. The van der Waals surface area contributed by atoms with Crippen molar-refractivity contribution < 1.29 is 14.2 Å². The van der Waals surface area contributed by atoms with Gasteiger partial charge in [-0.05, 0) is 55.7 Å². The van der Waals surface area contributed by atoms with E-state index >= 15 is 0 Å². The van der Waals surface area contributed by atoms with Gasteiger partial charge in [-0.15, -0.1) is 0 Å². The number of hydrogen-bond acceptors (Lipinski definition) is 4. The Bertz CT molecular complexity index is 720. The highest BCUT2D eigenvalue weighted by atomic mass is 16.7. The molecule has 2 saturated heterocycles. The lowest BCUT2D eigenvalue weighted by Crippen LogP contribution is -2.49. The van der Waals surface area contributed by atoms with Gasteiger partial charge in [-0.3, -0.25) is 4.99 Å². The first-order valence-corrected chi connectivity index (χ1v) is 11.1. The van der Waals surface area contributed by atoms with Gasteiger partial charge in [0.05, 0.1) is 6.54 Å². The Balaban J connectivity index is 1.59. The average molecular weight is 402 g/mol. The second-order valence-electron chi connectivity index (χ2n) is 8.98. The first-order chi connectivity index (χ1) is 14.1. The fourth-order valence-corrected chi connectivity index (χ4v) is 5.01. The highest BCUT2D eigenvalue weighted by Crippen LogP contribution is 2.41. The van der Waals surface area contributed by atoms with Gasteiger partial charge in [0.1, 0.15) is 0 Å². The van der Waals surface area contributed by atoms with Gasteiger partial charge in [-0.2, -0.15) is 0 Å². The van der Waals surface area contributed by atoms with Crippen LogP contribution in [0.15, 0.2) is 23.2 Å². The molecule has 0 aromatic heterocycles. The standard InChI is InChI=1S/C23H35N3O3/c1-4-24-22(26-13-17(2)11-18(3)14-26)25-15-23(7-9-27-10-8-23)19-5-6-20-21(12-19)29-16-28-20/h5-6,12,17-18H,4,7-11,13-16H2,1-3H3,(H,24,25). The molecule has 4 rings (SSSR count). The smallest absolute Gasteiger partial charge is 0.231 e. The predicted octanol–water partition coefficient (Wildman–Crippen LogP) is 3.41. The van der Waals surface area contributed by atoms with Crippen molar-refractivity contribution in [2.75, 3.05) is 46.2 Å². The average Bonchev–Trinajstić information content (AvgIpc) is 3.19. The van der Waals surface area contributed by atoms with E-state index in [1.807, 2.05) is 6.07 Å². The molecule has 2 unspecified atom stereocenters. The number of rotatable bonds is 4. The molecule has 3 aliphatic rings. The third-order valence-electron chi connectivity index (χ3n) is 6.47. The molecule has 1 aromatic carbocycles. The molecule has 160 valence electrons. The van der Waals surface area contributed by atoms with Gasteiger partial charge in [0, 0.05) is 38.3 Å². The van der Waals surface area contributed by atoms with Crippen LogP contribution >= 0.6 is 0 Å². The summed E-state index contributed by atoms with van der Waals surface area (Å²) >= 11 is 0. The topological polar surface area (TPSA) is 55.3 Å². The first kappa shape index (κ1) is 20.3. The summed E-state index contributed by atoms with van der Waals surface area (Å²) < 4.78 is 16.9. The molecule has 6 heteroatoms. The lowest BCUT2D eigenvalue weighted by molar-refractivity contribution is 0.0529. The third-order valence-corrected chi connectivity index (χ3v) is 6.47. The zero-order chi connectivity index (χ0) is 20.3. The molecule has 0 bridgehead atoms. The van der Waals surface area contributed by atoms with E-state index in [2.05, 4.69) is 43.1 Å². The number of nitrogens with one attached hydrogen (secondary N) is 1. The van der Waals surface area contributed by atoms with E-state index in [4.69, 9.17) is 19.2 Å². The number of likely N-dealkylation sites (tertiary alicyclic amines) is 1. The van der Waals surface area contributed by atoms with E-state index in [0.717, 1.165) is 69.7 Å². The minimum absolute atomic E-state index is 0.0209. The monoisotopic (exact) mass is 401 g/mol. The fraction of sp³-hybridized carbons (Fsp3) is 0.696. The maximum atomic E-state index is 5.71. The Labute approximate surface area is 174 Å². The minimum atomic E-state index is -0.0209. The van der Waals surface area contributed by atoms with Crippen molar-refractivity contribution in [2.24, 2.45) is 16.8 Å². The molecule has 1 N–H and O–H groups in total. The summed E-state index contributed by atoms with van der Waals surface area (Å²) in [6, 6.07) is 6.38. The molecule has 3 aliphatic heterocycles. The SMILES string of the molecule is CCNC(=NCC1(c2ccc3c(c2)OCO3)CCOCC1)N1CC(C)CC(C)C1. The van der Waals surface area contributed by atoms with Crippen LogP contribution in [0.4, 0.5) is 0 Å². The molecule has 0 radical (unpaired) electrons. The van der Waals surface area contributed by atoms with Crippen molar-refractivity contribution in [1.29, 1.82) is 0 Å². The predicted molar refractivity (Wildman–Crippen MR) is 115 cm³/mol. The van der Waals surface area contributed by atoms with Crippen LogP contribution in [0, 0.1) is 11.8 Å². The quantitative estimate of drug-likeness (QED) is 0.619. The molecule has 0 saturated carbocycles. The second kappa shape index (κ2) is 8.82. The minimum Gasteiger partial charge on any atom is -0.454 e. The lowest BCUT2D eigenvalue weighted by Gasteiger charge is -2.39. The fourth-order valence-electron chi connectivity index (χ4n) is 5.01. The molecule has 29 heavy (non-hydrogen) atoms. The van der Waals surface area contributed by atoms with Crippen LogP contribution in [-0.2, 0) is 10.2 Å². The lowest BCUT2D eigenvalue weighted by atomic mass is 9.74. The van der Waals surface area contributed by atoms with Gasteiger partial charge in [-0.25, -0.2) is 0 Å². The molecule has 0 spiro atoms. The highest BCUT2D eigenvalue weighted by molar-refractivity contribution is 5.80. The Kier molecular flexibility index (Phi) is 6.18. The summed E-state index contributed by atoms with van der Waals surface area (Å²) in [5.74, 6) is 4.14. The second-order valence-corrected chi connectivity index (χ2v) is 8.98. The number of hydrogen-bond donors (Lipinski definition) is 1. The Morgan fingerprint density at radius 1 is 1.14 bits per heavy atom.